The quantitative estimate of drug-likeness (QED) is 0.742. The van der Waals surface area contributed by atoms with Crippen LogP contribution >= 0.6 is 0 Å². The number of hydrogen-bond donors (Lipinski definition) is 0. The first-order valence-corrected chi connectivity index (χ1v) is 9.07. The highest BCUT2D eigenvalue weighted by atomic mass is 16.5. The van der Waals surface area contributed by atoms with E-state index < -0.39 is 17.9 Å². The van der Waals surface area contributed by atoms with E-state index in [1.165, 1.54) is 14.2 Å². The Labute approximate surface area is 159 Å². The fourth-order valence-electron chi connectivity index (χ4n) is 3.53. The Hall–Kier alpha value is -2.60. The summed E-state index contributed by atoms with van der Waals surface area (Å²) in [6.07, 6.45) is 5.56. The van der Waals surface area contributed by atoms with Crippen LogP contribution in [0, 0.1) is 6.92 Å². The number of hydrogen-bond acceptors (Lipinski definition) is 6. The van der Waals surface area contributed by atoms with E-state index >= 15 is 0 Å². The first kappa shape index (κ1) is 19.2. The molecule has 0 aliphatic carbocycles. The van der Waals surface area contributed by atoms with Gasteiger partial charge in [-0.2, -0.15) is 0 Å². The minimum atomic E-state index is -0.536. The molecule has 1 aromatic carbocycles. The largest absolute Gasteiger partial charge is 0.466 e. The zero-order valence-electron chi connectivity index (χ0n) is 15.9. The Morgan fingerprint density at radius 1 is 1.07 bits per heavy atom. The van der Waals surface area contributed by atoms with E-state index in [1.54, 1.807) is 12.4 Å². The van der Waals surface area contributed by atoms with Gasteiger partial charge in [-0.05, 0) is 25.3 Å². The number of ether oxygens (including phenoxy) is 3. The van der Waals surface area contributed by atoms with Crippen LogP contribution in [0.2, 0.25) is 0 Å². The van der Waals surface area contributed by atoms with E-state index in [1.807, 2.05) is 36.1 Å². The van der Waals surface area contributed by atoms with Gasteiger partial charge in [0.2, 0.25) is 0 Å². The van der Waals surface area contributed by atoms with Gasteiger partial charge in [0.15, 0.2) is 0 Å². The molecule has 2 heterocycles. The van der Waals surface area contributed by atoms with Gasteiger partial charge < -0.3 is 19.1 Å². The molecule has 0 radical (unpaired) electrons. The summed E-state index contributed by atoms with van der Waals surface area (Å²) >= 11 is 0. The van der Waals surface area contributed by atoms with Gasteiger partial charge in [-0.25, -0.2) is 9.59 Å². The number of carbonyl (C=O) groups is 2. The lowest BCUT2D eigenvalue weighted by molar-refractivity contribution is -0.137. The predicted octanol–water partition coefficient (Wildman–Crippen LogP) is 2.69. The van der Waals surface area contributed by atoms with Crippen molar-refractivity contribution < 1.29 is 23.8 Å². The van der Waals surface area contributed by atoms with Gasteiger partial charge in [0.1, 0.15) is 0 Å². The highest BCUT2D eigenvalue weighted by Crippen LogP contribution is 2.37. The van der Waals surface area contributed by atoms with Gasteiger partial charge in [-0.1, -0.05) is 29.8 Å². The topological polar surface area (TPSA) is 65.1 Å². The van der Waals surface area contributed by atoms with Crippen LogP contribution in [-0.2, 0) is 23.8 Å². The summed E-state index contributed by atoms with van der Waals surface area (Å²) in [4.78, 5) is 26.9. The van der Waals surface area contributed by atoms with E-state index in [0.717, 1.165) is 30.6 Å². The maximum absolute atomic E-state index is 12.5. The van der Waals surface area contributed by atoms with Crippen molar-refractivity contribution in [3.05, 3.63) is 58.9 Å². The Morgan fingerprint density at radius 3 is 2.15 bits per heavy atom. The Balaban J connectivity index is 2.01. The van der Waals surface area contributed by atoms with Gasteiger partial charge in [0, 0.05) is 25.6 Å². The second-order valence-corrected chi connectivity index (χ2v) is 6.83. The summed E-state index contributed by atoms with van der Waals surface area (Å²) in [6, 6.07) is 7.75. The number of methoxy groups -OCH3 is 2. The summed E-state index contributed by atoms with van der Waals surface area (Å²) in [5.74, 6) is -1.47. The van der Waals surface area contributed by atoms with Crippen LogP contribution in [0.25, 0.3) is 0 Å². The van der Waals surface area contributed by atoms with Crippen molar-refractivity contribution in [2.75, 3.05) is 27.4 Å². The molecule has 6 nitrogen and oxygen atoms in total. The molecule has 0 saturated carbocycles. The molecular formula is C21H25NO5. The number of esters is 2. The van der Waals surface area contributed by atoms with Crippen molar-refractivity contribution >= 4 is 11.9 Å². The van der Waals surface area contributed by atoms with Crippen LogP contribution in [0.3, 0.4) is 0 Å². The average molecular weight is 371 g/mol. The van der Waals surface area contributed by atoms with E-state index in [0.29, 0.717) is 17.7 Å². The predicted molar refractivity (Wildman–Crippen MR) is 99.8 cm³/mol. The second kappa shape index (κ2) is 8.39. The van der Waals surface area contributed by atoms with E-state index in [-0.39, 0.29) is 6.10 Å². The summed E-state index contributed by atoms with van der Waals surface area (Å²) in [6.45, 7) is 3.30. The Bertz CT molecular complexity index is 725. The highest BCUT2D eigenvalue weighted by molar-refractivity contribution is 5.98. The van der Waals surface area contributed by atoms with Gasteiger partial charge in [0.25, 0.3) is 0 Å². The molecule has 0 bridgehead atoms. The van der Waals surface area contributed by atoms with Crippen LogP contribution in [0.5, 0.6) is 0 Å². The molecule has 1 fully saturated rings. The molecule has 6 heteroatoms. The molecule has 1 unspecified atom stereocenters. The van der Waals surface area contributed by atoms with Crippen LogP contribution in [0.15, 0.2) is 47.8 Å². The SMILES string of the molecule is COC(=O)C1=CN(CC2CCCO2)C=C(C(=O)OC)C1c1ccc(C)cc1. The molecule has 3 rings (SSSR count). The summed E-state index contributed by atoms with van der Waals surface area (Å²) in [5, 5.41) is 0. The monoisotopic (exact) mass is 371 g/mol. The number of aryl methyl sites for hydroxylation is 1. The zero-order valence-corrected chi connectivity index (χ0v) is 15.9. The molecule has 2 aliphatic heterocycles. The van der Waals surface area contributed by atoms with Crippen molar-refractivity contribution in [2.45, 2.75) is 31.8 Å². The number of nitrogens with zero attached hydrogens (tertiary/aromatic N) is 1. The molecule has 1 saturated heterocycles. The molecular weight excluding hydrogens is 346 g/mol. The van der Waals surface area contributed by atoms with E-state index in [4.69, 9.17) is 14.2 Å². The fraction of sp³-hybridized carbons (Fsp3) is 0.429. The molecule has 144 valence electrons. The minimum Gasteiger partial charge on any atom is -0.466 e. The molecule has 0 N–H and O–H groups in total. The summed E-state index contributed by atoms with van der Waals surface area (Å²) < 4.78 is 15.7. The van der Waals surface area contributed by atoms with Crippen molar-refractivity contribution in [3.8, 4) is 0 Å². The smallest absolute Gasteiger partial charge is 0.336 e. The Morgan fingerprint density at radius 2 is 1.67 bits per heavy atom. The second-order valence-electron chi connectivity index (χ2n) is 6.83. The third kappa shape index (κ3) is 4.22. The first-order valence-electron chi connectivity index (χ1n) is 9.07. The molecule has 2 aliphatic rings. The number of rotatable bonds is 5. The van der Waals surface area contributed by atoms with Crippen LogP contribution in [-0.4, -0.2) is 50.3 Å². The standard InChI is InChI=1S/C21H25NO5/c1-14-6-8-15(9-7-14)19-17(20(23)25-2)12-22(11-16-5-4-10-27-16)13-18(19)21(24)26-3/h6-9,12-13,16,19H,4-5,10-11H2,1-3H3. The fourth-order valence-corrected chi connectivity index (χ4v) is 3.53. The third-order valence-electron chi connectivity index (χ3n) is 4.92. The lowest BCUT2D eigenvalue weighted by Crippen LogP contribution is -2.32. The third-order valence-corrected chi connectivity index (χ3v) is 4.92. The van der Waals surface area contributed by atoms with Crippen LogP contribution in [0.4, 0.5) is 0 Å². The molecule has 0 spiro atoms. The van der Waals surface area contributed by atoms with Crippen molar-refractivity contribution in [1.82, 2.24) is 4.90 Å². The van der Waals surface area contributed by atoms with Gasteiger partial charge in [-0.3, -0.25) is 0 Å². The average Bonchev–Trinajstić information content (AvgIpc) is 3.20. The molecule has 27 heavy (non-hydrogen) atoms. The summed E-state index contributed by atoms with van der Waals surface area (Å²) in [7, 11) is 2.69. The maximum Gasteiger partial charge on any atom is 0.336 e. The lowest BCUT2D eigenvalue weighted by atomic mass is 9.83. The maximum atomic E-state index is 12.5. The molecule has 0 aromatic heterocycles. The number of carbonyl (C=O) groups excluding carboxylic acids is 2. The van der Waals surface area contributed by atoms with Crippen molar-refractivity contribution in [3.63, 3.8) is 0 Å². The molecule has 1 aromatic rings. The van der Waals surface area contributed by atoms with Crippen LogP contribution < -0.4 is 0 Å². The Kier molecular flexibility index (Phi) is 5.96. The van der Waals surface area contributed by atoms with Crippen molar-refractivity contribution in [1.29, 1.82) is 0 Å². The van der Waals surface area contributed by atoms with Gasteiger partial charge in [0.05, 0.1) is 37.4 Å². The van der Waals surface area contributed by atoms with Gasteiger partial charge in [-0.15, -0.1) is 0 Å². The normalized spacial score (nSPS) is 20.1. The minimum absolute atomic E-state index is 0.0752. The van der Waals surface area contributed by atoms with Crippen LogP contribution in [0.1, 0.15) is 29.9 Å². The van der Waals surface area contributed by atoms with E-state index in [2.05, 4.69) is 0 Å². The highest BCUT2D eigenvalue weighted by Gasteiger charge is 2.35. The molecule has 0 amide bonds. The van der Waals surface area contributed by atoms with Crippen molar-refractivity contribution in [2.24, 2.45) is 0 Å². The lowest BCUT2D eigenvalue weighted by Gasteiger charge is -2.31. The molecule has 1 atom stereocenters. The first-order chi connectivity index (χ1) is 13.0. The van der Waals surface area contributed by atoms with E-state index in [9.17, 15) is 9.59 Å². The summed E-state index contributed by atoms with van der Waals surface area (Å²) in [5.41, 5.74) is 2.75. The van der Waals surface area contributed by atoms with Gasteiger partial charge >= 0.3 is 11.9 Å². The zero-order chi connectivity index (χ0) is 19.4. The number of benzene rings is 1.